The molecule has 0 radical (unpaired) electrons. The normalized spacial score (nSPS) is 10.1. The summed E-state index contributed by atoms with van der Waals surface area (Å²) in [6.45, 7) is 0. The van der Waals surface area contributed by atoms with Crippen LogP contribution in [0.1, 0.15) is 0 Å². The molecule has 0 fully saturated rings. The van der Waals surface area contributed by atoms with Gasteiger partial charge in [0.15, 0.2) is 5.16 Å². The van der Waals surface area contributed by atoms with Crippen LogP contribution in [0.15, 0.2) is 53.9 Å². The molecule has 1 amide bonds. The number of para-hydroxylation sites is 1. The van der Waals surface area contributed by atoms with Gasteiger partial charge in [-0.3, -0.25) is 4.79 Å². The van der Waals surface area contributed by atoms with Crippen molar-refractivity contribution >= 4 is 23.4 Å². The lowest BCUT2D eigenvalue weighted by atomic mass is 10.3. The molecule has 0 bridgehead atoms. The maximum atomic E-state index is 12.0. The van der Waals surface area contributed by atoms with Gasteiger partial charge >= 0.3 is 0 Å². The molecule has 0 unspecified atom stereocenters. The molecule has 0 aliphatic heterocycles. The van der Waals surface area contributed by atoms with E-state index in [2.05, 4.69) is 9.97 Å². The molecule has 0 N–H and O–H groups in total. The minimum absolute atomic E-state index is 0.0265. The van der Waals surface area contributed by atoms with Gasteiger partial charge in [-0.1, -0.05) is 30.0 Å². The number of aromatic nitrogens is 2. The van der Waals surface area contributed by atoms with Crippen molar-refractivity contribution in [3.63, 3.8) is 0 Å². The number of carbonyl (C=O) groups is 1. The van der Waals surface area contributed by atoms with Crippen molar-refractivity contribution in [3.8, 4) is 0 Å². The van der Waals surface area contributed by atoms with Gasteiger partial charge < -0.3 is 4.90 Å². The van der Waals surface area contributed by atoms with Gasteiger partial charge in [0, 0.05) is 25.1 Å². The largest absolute Gasteiger partial charge is 0.315 e. The van der Waals surface area contributed by atoms with E-state index in [-0.39, 0.29) is 5.91 Å². The Hall–Kier alpha value is -1.88. The fourth-order valence-electron chi connectivity index (χ4n) is 1.38. The number of hydrogen-bond acceptors (Lipinski definition) is 4. The van der Waals surface area contributed by atoms with E-state index in [0.717, 1.165) is 5.69 Å². The van der Waals surface area contributed by atoms with Gasteiger partial charge in [0.05, 0.1) is 5.75 Å². The number of hydrogen-bond donors (Lipinski definition) is 0. The first-order valence-electron chi connectivity index (χ1n) is 5.49. The van der Waals surface area contributed by atoms with Crippen LogP contribution in [0.5, 0.6) is 0 Å². The fourth-order valence-corrected chi connectivity index (χ4v) is 2.10. The molecule has 0 spiro atoms. The van der Waals surface area contributed by atoms with E-state index in [1.807, 2.05) is 30.3 Å². The SMILES string of the molecule is CN(C(=O)CSc1ncccn1)c1ccccc1. The highest BCUT2D eigenvalue weighted by atomic mass is 32.2. The van der Waals surface area contributed by atoms with Gasteiger partial charge in [0.25, 0.3) is 0 Å². The Bertz CT molecular complexity index is 504. The number of nitrogens with zero attached hydrogens (tertiary/aromatic N) is 3. The Kier molecular flexibility index (Phi) is 4.30. The van der Waals surface area contributed by atoms with Crippen molar-refractivity contribution in [3.05, 3.63) is 48.8 Å². The zero-order chi connectivity index (χ0) is 12.8. The standard InChI is InChI=1S/C13H13N3OS/c1-16(11-6-3-2-4-7-11)12(17)10-18-13-14-8-5-9-15-13/h2-9H,10H2,1H3. The summed E-state index contributed by atoms with van der Waals surface area (Å²) in [4.78, 5) is 21.7. The zero-order valence-electron chi connectivity index (χ0n) is 9.98. The first kappa shape index (κ1) is 12.6. The maximum absolute atomic E-state index is 12.0. The predicted molar refractivity (Wildman–Crippen MR) is 72.6 cm³/mol. The van der Waals surface area contributed by atoms with Crippen molar-refractivity contribution in [1.29, 1.82) is 0 Å². The molecule has 18 heavy (non-hydrogen) atoms. The second-order valence-corrected chi connectivity index (χ2v) is 4.55. The molecule has 2 rings (SSSR count). The molecule has 92 valence electrons. The minimum Gasteiger partial charge on any atom is -0.315 e. The van der Waals surface area contributed by atoms with Crippen molar-refractivity contribution in [2.75, 3.05) is 17.7 Å². The Morgan fingerprint density at radius 1 is 1.17 bits per heavy atom. The highest BCUT2D eigenvalue weighted by Crippen LogP contribution is 2.15. The fraction of sp³-hybridized carbons (Fsp3) is 0.154. The first-order valence-corrected chi connectivity index (χ1v) is 6.47. The summed E-state index contributed by atoms with van der Waals surface area (Å²) in [7, 11) is 1.77. The van der Waals surface area contributed by atoms with Crippen molar-refractivity contribution in [2.45, 2.75) is 5.16 Å². The Morgan fingerprint density at radius 3 is 2.50 bits per heavy atom. The average molecular weight is 259 g/mol. The molecule has 2 aromatic rings. The molecule has 0 atom stereocenters. The second kappa shape index (κ2) is 6.16. The van der Waals surface area contributed by atoms with E-state index in [1.54, 1.807) is 30.4 Å². The monoisotopic (exact) mass is 259 g/mol. The molecule has 0 saturated heterocycles. The third-order valence-corrected chi connectivity index (χ3v) is 3.24. The van der Waals surface area contributed by atoms with E-state index in [9.17, 15) is 4.79 Å². The summed E-state index contributed by atoms with van der Waals surface area (Å²) in [6, 6.07) is 11.3. The maximum Gasteiger partial charge on any atom is 0.237 e. The van der Waals surface area contributed by atoms with Crippen LogP contribution in [-0.2, 0) is 4.79 Å². The molecule has 1 aromatic carbocycles. The van der Waals surface area contributed by atoms with Crippen LogP contribution in [-0.4, -0.2) is 28.7 Å². The van der Waals surface area contributed by atoms with Gasteiger partial charge in [-0.2, -0.15) is 0 Å². The quantitative estimate of drug-likeness (QED) is 0.624. The van der Waals surface area contributed by atoms with Crippen LogP contribution in [0.25, 0.3) is 0 Å². The summed E-state index contributed by atoms with van der Waals surface area (Å²) in [5, 5.41) is 0.618. The van der Waals surface area contributed by atoms with Gasteiger partial charge in [0.2, 0.25) is 5.91 Å². The first-order chi connectivity index (χ1) is 8.77. The third-order valence-electron chi connectivity index (χ3n) is 2.38. The summed E-state index contributed by atoms with van der Waals surface area (Å²) in [5.41, 5.74) is 0.886. The zero-order valence-corrected chi connectivity index (χ0v) is 10.8. The van der Waals surface area contributed by atoms with Gasteiger partial charge in [-0.25, -0.2) is 9.97 Å². The van der Waals surface area contributed by atoms with E-state index < -0.39 is 0 Å². The van der Waals surface area contributed by atoms with Crippen LogP contribution in [0.3, 0.4) is 0 Å². The van der Waals surface area contributed by atoms with Gasteiger partial charge in [-0.05, 0) is 18.2 Å². The smallest absolute Gasteiger partial charge is 0.237 e. The molecule has 5 heteroatoms. The molecule has 0 saturated carbocycles. The molecule has 1 heterocycles. The van der Waals surface area contributed by atoms with Gasteiger partial charge in [-0.15, -0.1) is 0 Å². The molecule has 4 nitrogen and oxygen atoms in total. The number of amides is 1. The Morgan fingerprint density at radius 2 is 1.83 bits per heavy atom. The van der Waals surface area contributed by atoms with E-state index in [0.29, 0.717) is 10.9 Å². The Labute approximate surface area is 110 Å². The van der Waals surface area contributed by atoms with E-state index >= 15 is 0 Å². The summed E-state index contributed by atoms with van der Waals surface area (Å²) >= 11 is 1.34. The lowest BCUT2D eigenvalue weighted by molar-refractivity contribution is -0.115. The van der Waals surface area contributed by atoms with Crippen LogP contribution in [0, 0.1) is 0 Å². The summed E-state index contributed by atoms with van der Waals surface area (Å²) in [6.07, 6.45) is 3.33. The van der Waals surface area contributed by atoms with Crippen LogP contribution < -0.4 is 4.90 Å². The topological polar surface area (TPSA) is 46.1 Å². The molecule has 0 aliphatic carbocycles. The number of rotatable bonds is 4. The van der Waals surface area contributed by atoms with E-state index in [4.69, 9.17) is 0 Å². The van der Waals surface area contributed by atoms with Crippen LogP contribution in [0.4, 0.5) is 5.69 Å². The van der Waals surface area contributed by atoms with Crippen molar-refractivity contribution in [1.82, 2.24) is 9.97 Å². The third kappa shape index (κ3) is 3.30. The molecule has 1 aromatic heterocycles. The second-order valence-electron chi connectivity index (χ2n) is 3.61. The van der Waals surface area contributed by atoms with Crippen molar-refractivity contribution < 1.29 is 4.79 Å². The lowest BCUT2D eigenvalue weighted by Gasteiger charge is -2.16. The van der Waals surface area contributed by atoms with Gasteiger partial charge in [0.1, 0.15) is 0 Å². The predicted octanol–water partition coefficient (Wildman–Crippen LogP) is 2.23. The van der Waals surface area contributed by atoms with Crippen LogP contribution >= 0.6 is 11.8 Å². The summed E-state index contributed by atoms with van der Waals surface area (Å²) in [5.74, 6) is 0.355. The number of anilines is 1. The van der Waals surface area contributed by atoms with Crippen molar-refractivity contribution in [2.24, 2.45) is 0 Å². The lowest BCUT2D eigenvalue weighted by Crippen LogP contribution is -2.27. The molecular formula is C13H13N3OS. The average Bonchev–Trinajstić information content (AvgIpc) is 2.46. The number of carbonyl (C=O) groups excluding carboxylic acids is 1. The highest BCUT2D eigenvalue weighted by Gasteiger charge is 2.11. The summed E-state index contributed by atoms with van der Waals surface area (Å²) < 4.78 is 0. The van der Waals surface area contributed by atoms with E-state index in [1.165, 1.54) is 11.8 Å². The minimum atomic E-state index is 0.0265. The van der Waals surface area contributed by atoms with Crippen LogP contribution in [0.2, 0.25) is 0 Å². The molecule has 0 aliphatic rings. The number of benzene rings is 1. The number of thioether (sulfide) groups is 1. The Balaban J connectivity index is 1.93. The highest BCUT2D eigenvalue weighted by molar-refractivity contribution is 7.99. The molecular weight excluding hydrogens is 246 g/mol.